The first-order valence-corrected chi connectivity index (χ1v) is 12.3. The van der Waals surface area contributed by atoms with E-state index in [0.29, 0.717) is 18.4 Å². The lowest BCUT2D eigenvalue weighted by Gasteiger charge is -2.33. The summed E-state index contributed by atoms with van der Waals surface area (Å²) in [6, 6.07) is 13.4. The van der Waals surface area contributed by atoms with Crippen molar-refractivity contribution in [3.63, 3.8) is 0 Å². The number of benzene rings is 1. The van der Waals surface area contributed by atoms with E-state index in [2.05, 4.69) is 60.3 Å². The molecule has 1 aromatic carbocycles. The van der Waals surface area contributed by atoms with Gasteiger partial charge in [0, 0.05) is 35.8 Å². The van der Waals surface area contributed by atoms with Gasteiger partial charge in [0.05, 0.1) is 23.4 Å². The van der Waals surface area contributed by atoms with Crippen LogP contribution in [0.3, 0.4) is 0 Å². The molecule has 1 aliphatic rings. The van der Waals surface area contributed by atoms with Crippen molar-refractivity contribution in [1.82, 2.24) is 24.4 Å². The number of fused-ring (bicyclic) bond motifs is 2. The second-order valence-corrected chi connectivity index (χ2v) is 10.3. The number of nitrogens with one attached hydrogen (secondary N) is 1. The molecule has 0 saturated carbocycles. The summed E-state index contributed by atoms with van der Waals surface area (Å²) in [5.74, 6) is 1.13. The van der Waals surface area contributed by atoms with Gasteiger partial charge in [0.15, 0.2) is 0 Å². The molecule has 1 aliphatic heterocycles. The van der Waals surface area contributed by atoms with Crippen molar-refractivity contribution in [1.29, 1.82) is 0 Å². The van der Waals surface area contributed by atoms with E-state index in [-0.39, 0.29) is 5.91 Å². The van der Waals surface area contributed by atoms with Crippen molar-refractivity contribution in [3.05, 3.63) is 59.4 Å². The van der Waals surface area contributed by atoms with E-state index in [0.717, 1.165) is 37.1 Å². The molecule has 3 aromatic heterocycles. The maximum Gasteiger partial charge on any atom is 0.236 e. The molecular formula is C28H35N5O. The number of rotatable bonds is 5. The van der Waals surface area contributed by atoms with Crippen molar-refractivity contribution in [2.75, 3.05) is 33.7 Å². The average Bonchev–Trinajstić information content (AvgIpc) is 3.37. The van der Waals surface area contributed by atoms with Crippen LogP contribution in [0.25, 0.3) is 27.7 Å². The number of likely N-dealkylation sites (N-methyl/N-ethyl adjacent to an activating group) is 1. The number of pyridine rings is 1. The number of hydrogen-bond donors (Lipinski definition) is 1. The van der Waals surface area contributed by atoms with Crippen LogP contribution in [0.5, 0.6) is 0 Å². The number of amides is 1. The number of piperidine rings is 1. The molecule has 0 unspecified atom stereocenters. The van der Waals surface area contributed by atoms with Crippen LogP contribution in [0.4, 0.5) is 0 Å². The molecule has 0 aliphatic carbocycles. The molecule has 6 nitrogen and oxygen atoms in total. The third kappa shape index (κ3) is 4.23. The zero-order valence-corrected chi connectivity index (χ0v) is 20.9. The Morgan fingerprint density at radius 2 is 1.91 bits per heavy atom. The topological polar surface area (TPSA) is 56.6 Å². The number of aromatic nitrogens is 3. The minimum absolute atomic E-state index is 0.238. The zero-order chi connectivity index (χ0) is 24.0. The van der Waals surface area contributed by atoms with Gasteiger partial charge in [0.1, 0.15) is 0 Å². The van der Waals surface area contributed by atoms with Crippen LogP contribution in [-0.2, 0) is 4.79 Å². The van der Waals surface area contributed by atoms with Gasteiger partial charge in [-0.05, 0) is 87.2 Å². The van der Waals surface area contributed by atoms with Crippen LogP contribution in [0.2, 0.25) is 0 Å². The maximum atomic E-state index is 12.4. The van der Waals surface area contributed by atoms with Crippen molar-refractivity contribution >= 4 is 22.3 Å². The maximum absolute atomic E-state index is 12.4. The van der Waals surface area contributed by atoms with Crippen molar-refractivity contribution < 1.29 is 4.79 Å². The summed E-state index contributed by atoms with van der Waals surface area (Å²) in [5.41, 5.74) is 8.48. The Bertz CT molecular complexity index is 1340. The Morgan fingerprint density at radius 3 is 2.62 bits per heavy atom. The number of H-pyrrole nitrogens is 1. The molecule has 34 heavy (non-hydrogen) atoms. The van der Waals surface area contributed by atoms with Gasteiger partial charge >= 0.3 is 0 Å². The fourth-order valence-corrected chi connectivity index (χ4v) is 5.42. The van der Waals surface area contributed by atoms with Gasteiger partial charge in [0.2, 0.25) is 5.91 Å². The molecule has 0 bridgehead atoms. The van der Waals surface area contributed by atoms with Gasteiger partial charge in [0.25, 0.3) is 0 Å². The number of aryl methyl sites for hydroxylation is 1. The largest absolute Gasteiger partial charge is 0.354 e. The second-order valence-electron chi connectivity index (χ2n) is 10.3. The summed E-state index contributed by atoms with van der Waals surface area (Å²) in [6.45, 7) is 8.75. The molecule has 178 valence electrons. The van der Waals surface area contributed by atoms with Gasteiger partial charge in [-0.2, -0.15) is 5.10 Å². The molecule has 5 rings (SSSR count). The van der Waals surface area contributed by atoms with Crippen LogP contribution in [0, 0.1) is 6.92 Å². The Labute approximate surface area is 201 Å². The quantitative estimate of drug-likeness (QED) is 0.449. The number of hydrogen-bond acceptors (Lipinski definition) is 3. The molecule has 0 radical (unpaired) electrons. The Morgan fingerprint density at radius 1 is 1.15 bits per heavy atom. The third-order valence-corrected chi connectivity index (χ3v) is 7.08. The monoisotopic (exact) mass is 457 g/mol. The lowest BCUT2D eigenvalue weighted by molar-refractivity contribution is -0.132. The Balaban J connectivity index is 1.45. The fraction of sp³-hybridized carbons (Fsp3) is 0.429. The number of nitrogens with zero attached hydrogens (tertiary/aromatic N) is 4. The van der Waals surface area contributed by atoms with E-state index in [1.54, 1.807) is 0 Å². The van der Waals surface area contributed by atoms with Gasteiger partial charge < -0.3 is 14.8 Å². The van der Waals surface area contributed by atoms with Gasteiger partial charge in [-0.1, -0.05) is 19.9 Å². The summed E-state index contributed by atoms with van der Waals surface area (Å²) in [5, 5.41) is 5.84. The molecule has 1 N–H and O–H groups in total. The van der Waals surface area contributed by atoms with Gasteiger partial charge in [-0.25, -0.2) is 4.52 Å². The third-order valence-electron chi connectivity index (χ3n) is 7.08. The number of aromatic amines is 1. The molecule has 0 spiro atoms. The van der Waals surface area contributed by atoms with Gasteiger partial charge in [-0.15, -0.1) is 0 Å². The van der Waals surface area contributed by atoms with Gasteiger partial charge in [-0.3, -0.25) is 4.79 Å². The minimum Gasteiger partial charge on any atom is -0.354 e. The number of carbonyl (C=O) groups excluding carboxylic acids is 1. The lowest BCUT2D eigenvalue weighted by Crippen LogP contribution is -2.42. The summed E-state index contributed by atoms with van der Waals surface area (Å²) in [7, 11) is 3.90. The molecule has 6 heteroatoms. The van der Waals surface area contributed by atoms with Crippen molar-refractivity contribution in [3.8, 4) is 11.3 Å². The first-order valence-electron chi connectivity index (χ1n) is 12.3. The fourth-order valence-electron chi connectivity index (χ4n) is 5.42. The lowest BCUT2D eigenvalue weighted by atomic mass is 9.87. The van der Waals surface area contributed by atoms with Crippen LogP contribution in [-0.4, -0.2) is 64.0 Å². The molecule has 4 heterocycles. The van der Waals surface area contributed by atoms with Crippen LogP contribution in [0.15, 0.2) is 42.6 Å². The molecule has 1 amide bonds. The minimum atomic E-state index is 0.238. The predicted molar refractivity (Wildman–Crippen MR) is 138 cm³/mol. The molecule has 0 atom stereocenters. The standard InChI is InChI=1S/C28H35N5O/c1-18(2)27-24-16-21(20-8-11-32(12-9-20)26(34)17-31(4)5)6-7-25(24)29-28(27)22-10-13-33-23(15-22)14-19(3)30-33/h6-7,10,13-16,18,20,29H,8-9,11-12,17H2,1-5H3. The normalized spacial score (nSPS) is 15.3. The highest BCUT2D eigenvalue weighted by molar-refractivity contribution is 5.92. The summed E-state index contributed by atoms with van der Waals surface area (Å²) < 4.78 is 1.93. The van der Waals surface area contributed by atoms with E-state index >= 15 is 0 Å². The number of likely N-dealkylation sites (tertiary alicyclic amines) is 1. The van der Waals surface area contributed by atoms with E-state index < -0.39 is 0 Å². The highest BCUT2D eigenvalue weighted by atomic mass is 16.2. The van der Waals surface area contributed by atoms with Crippen molar-refractivity contribution in [2.24, 2.45) is 0 Å². The van der Waals surface area contributed by atoms with E-state index in [1.165, 1.54) is 33.3 Å². The highest BCUT2D eigenvalue weighted by Crippen LogP contribution is 2.38. The summed E-state index contributed by atoms with van der Waals surface area (Å²) in [6.07, 6.45) is 4.09. The smallest absolute Gasteiger partial charge is 0.236 e. The first-order chi connectivity index (χ1) is 16.3. The first kappa shape index (κ1) is 22.7. The predicted octanol–water partition coefficient (Wildman–Crippen LogP) is 5.18. The van der Waals surface area contributed by atoms with Crippen molar-refractivity contribution in [2.45, 2.75) is 45.4 Å². The molecule has 1 fully saturated rings. The van der Waals surface area contributed by atoms with E-state index in [4.69, 9.17) is 0 Å². The zero-order valence-electron chi connectivity index (χ0n) is 20.9. The average molecular weight is 458 g/mol. The highest BCUT2D eigenvalue weighted by Gasteiger charge is 2.25. The summed E-state index contributed by atoms with van der Waals surface area (Å²) >= 11 is 0. The Hall–Kier alpha value is -3.12. The van der Waals surface area contributed by atoms with Crippen LogP contribution in [0.1, 0.15) is 55.3 Å². The molecular weight excluding hydrogens is 422 g/mol. The number of carbonyl (C=O) groups is 1. The van der Waals surface area contributed by atoms with Crippen LogP contribution < -0.4 is 0 Å². The molecule has 1 saturated heterocycles. The van der Waals surface area contributed by atoms with Crippen LogP contribution >= 0.6 is 0 Å². The Kier molecular flexibility index (Phi) is 5.94. The molecule has 4 aromatic rings. The SMILES string of the molecule is Cc1cc2cc(-c3[nH]c4ccc(C5CCN(C(=O)CN(C)C)CC5)cc4c3C(C)C)ccn2n1. The summed E-state index contributed by atoms with van der Waals surface area (Å²) in [4.78, 5) is 20.1. The van der Waals surface area contributed by atoms with E-state index in [9.17, 15) is 4.79 Å². The van der Waals surface area contributed by atoms with E-state index in [1.807, 2.05) is 41.5 Å². The second kappa shape index (κ2) is 8.91.